The normalized spacial score (nSPS) is 10.4. The summed E-state index contributed by atoms with van der Waals surface area (Å²) in [4.78, 5) is 17.0. The van der Waals surface area contributed by atoms with Gasteiger partial charge in [-0.1, -0.05) is 18.2 Å². The molecule has 0 aliphatic heterocycles. The number of nitrogens with zero attached hydrogens (tertiary/aromatic N) is 2. The second kappa shape index (κ2) is 8.94. The first-order chi connectivity index (χ1) is 13.7. The van der Waals surface area contributed by atoms with Crippen LogP contribution < -0.4 is 25.1 Å². The van der Waals surface area contributed by atoms with Gasteiger partial charge in [-0.25, -0.2) is 4.98 Å². The Morgan fingerprint density at radius 2 is 1.71 bits per heavy atom. The first-order valence-corrected chi connectivity index (χ1v) is 8.83. The summed E-state index contributed by atoms with van der Waals surface area (Å²) in [7, 11) is 4.79. The molecule has 0 saturated heterocycles. The predicted octanol–water partition coefficient (Wildman–Crippen LogP) is 2.91. The molecule has 1 heterocycles. The molecule has 7 heteroatoms. The van der Waals surface area contributed by atoms with Crippen molar-refractivity contribution in [3.8, 4) is 22.9 Å². The Kier molecular flexibility index (Phi) is 6.16. The van der Waals surface area contributed by atoms with E-state index < -0.39 is 0 Å². The molecule has 0 unspecified atom stereocenters. The lowest BCUT2D eigenvalue weighted by atomic mass is 10.1. The Bertz CT molecular complexity index is 1000. The van der Waals surface area contributed by atoms with Crippen LogP contribution in [0.25, 0.3) is 5.69 Å². The highest BCUT2D eigenvalue weighted by atomic mass is 16.5. The Morgan fingerprint density at radius 1 is 0.964 bits per heavy atom. The number of benzene rings is 2. The molecule has 1 N–H and O–H groups in total. The molecule has 1 aromatic heterocycles. The number of hydrogen-bond donors (Lipinski definition) is 1. The highest BCUT2D eigenvalue weighted by Crippen LogP contribution is 2.27. The van der Waals surface area contributed by atoms with Gasteiger partial charge in [0.25, 0.3) is 5.56 Å². The Labute approximate surface area is 163 Å². The van der Waals surface area contributed by atoms with Gasteiger partial charge >= 0.3 is 0 Å². The maximum atomic E-state index is 12.8. The van der Waals surface area contributed by atoms with E-state index in [1.165, 1.54) is 4.57 Å². The third-order valence-corrected chi connectivity index (χ3v) is 4.34. The van der Waals surface area contributed by atoms with Gasteiger partial charge in [-0.15, -0.1) is 0 Å². The summed E-state index contributed by atoms with van der Waals surface area (Å²) in [6, 6.07) is 13.1. The second-order valence-corrected chi connectivity index (χ2v) is 5.99. The van der Waals surface area contributed by atoms with Crippen LogP contribution in [0.15, 0.2) is 59.7 Å². The lowest BCUT2D eigenvalue weighted by molar-refractivity contribution is 0.354. The van der Waals surface area contributed by atoms with Crippen molar-refractivity contribution in [2.45, 2.75) is 6.42 Å². The first-order valence-electron chi connectivity index (χ1n) is 8.83. The molecule has 3 aromatic rings. The number of ether oxygens (including phenoxy) is 3. The van der Waals surface area contributed by atoms with Crippen LogP contribution >= 0.6 is 0 Å². The Hall–Kier alpha value is -3.48. The number of aromatic nitrogens is 2. The summed E-state index contributed by atoms with van der Waals surface area (Å²) in [5, 5.41) is 3.12. The zero-order valence-corrected chi connectivity index (χ0v) is 16.1. The minimum atomic E-state index is -0.237. The average Bonchev–Trinajstić information content (AvgIpc) is 2.74. The van der Waals surface area contributed by atoms with Crippen LogP contribution in [-0.4, -0.2) is 37.4 Å². The maximum absolute atomic E-state index is 12.8. The third kappa shape index (κ3) is 4.09. The fourth-order valence-corrected chi connectivity index (χ4v) is 2.91. The van der Waals surface area contributed by atoms with Crippen molar-refractivity contribution < 1.29 is 14.2 Å². The number of methoxy groups -OCH3 is 3. The zero-order chi connectivity index (χ0) is 19.9. The van der Waals surface area contributed by atoms with E-state index in [1.807, 2.05) is 42.5 Å². The van der Waals surface area contributed by atoms with Gasteiger partial charge in [0.15, 0.2) is 17.3 Å². The van der Waals surface area contributed by atoms with E-state index in [0.29, 0.717) is 35.9 Å². The highest BCUT2D eigenvalue weighted by molar-refractivity contribution is 5.48. The molecule has 0 spiro atoms. The van der Waals surface area contributed by atoms with Crippen LogP contribution in [-0.2, 0) is 6.42 Å². The number of anilines is 1. The average molecular weight is 381 g/mol. The van der Waals surface area contributed by atoms with Crippen LogP contribution in [0.3, 0.4) is 0 Å². The number of hydrogen-bond acceptors (Lipinski definition) is 6. The van der Waals surface area contributed by atoms with Crippen molar-refractivity contribution in [3.05, 3.63) is 70.8 Å². The fraction of sp³-hybridized carbons (Fsp3) is 0.238. The lowest BCUT2D eigenvalue weighted by Gasteiger charge is -2.12. The number of rotatable bonds is 8. The fourth-order valence-electron chi connectivity index (χ4n) is 2.91. The van der Waals surface area contributed by atoms with E-state index in [-0.39, 0.29) is 11.4 Å². The monoisotopic (exact) mass is 381 g/mol. The summed E-state index contributed by atoms with van der Waals surface area (Å²) in [6.45, 7) is 0.549. The minimum Gasteiger partial charge on any atom is -0.495 e. The molecule has 0 aliphatic carbocycles. The number of para-hydroxylation sites is 2. The van der Waals surface area contributed by atoms with Crippen LogP contribution in [0.1, 0.15) is 5.56 Å². The van der Waals surface area contributed by atoms with E-state index in [0.717, 1.165) is 5.56 Å². The molecule has 0 fully saturated rings. The zero-order valence-electron chi connectivity index (χ0n) is 16.1. The molecule has 7 nitrogen and oxygen atoms in total. The summed E-state index contributed by atoms with van der Waals surface area (Å²) < 4.78 is 17.4. The lowest BCUT2D eigenvalue weighted by Crippen LogP contribution is -2.24. The molecule has 0 bridgehead atoms. The van der Waals surface area contributed by atoms with Gasteiger partial charge in [0.05, 0.1) is 27.0 Å². The van der Waals surface area contributed by atoms with Crippen LogP contribution in [0.5, 0.6) is 17.2 Å². The van der Waals surface area contributed by atoms with E-state index in [9.17, 15) is 4.79 Å². The summed E-state index contributed by atoms with van der Waals surface area (Å²) in [5.74, 6) is 2.26. The van der Waals surface area contributed by atoms with Gasteiger partial charge in [0.1, 0.15) is 5.75 Å². The third-order valence-electron chi connectivity index (χ3n) is 4.34. The van der Waals surface area contributed by atoms with Crippen molar-refractivity contribution in [2.24, 2.45) is 0 Å². The van der Waals surface area contributed by atoms with Gasteiger partial charge < -0.3 is 19.5 Å². The smallest absolute Gasteiger partial charge is 0.297 e. The van der Waals surface area contributed by atoms with Crippen LogP contribution in [0.2, 0.25) is 0 Å². The van der Waals surface area contributed by atoms with Crippen LogP contribution in [0, 0.1) is 0 Å². The molecule has 2 aromatic carbocycles. The summed E-state index contributed by atoms with van der Waals surface area (Å²) in [6.07, 6.45) is 3.91. The van der Waals surface area contributed by atoms with Gasteiger partial charge in [-0.2, -0.15) is 0 Å². The van der Waals surface area contributed by atoms with E-state index >= 15 is 0 Å². The molecular formula is C21H23N3O4. The highest BCUT2D eigenvalue weighted by Gasteiger charge is 2.10. The van der Waals surface area contributed by atoms with E-state index in [2.05, 4.69) is 10.3 Å². The Morgan fingerprint density at radius 3 is 2.46 bits per heavy atom. The molecule has 0 atom stereocenters. The molecule has 0 saturated carbocycles. The van der Waals surface area contributed by atoms with Crippen molar-refractivity contribution >= 4 is 5.82 Å². The molecular weight excluding hydrogens is 358 g/mol. The van der Waals surface area contributed by atoms with E-state index in [4.69, 9.17) is 14.2 Å². The topological polar surface area (TPSA) is 74.6 Å². The van der Waals surface area contributed by atoms with Gasteiger partial charge in [0, 0.05) is 18.9 Å². The van der Waals surface area contributed by atoms with Crippen LogP contribution in [0.4, 0.5) is 5.82 Å². The largest absolute Gasteiger partial charge is 0.495 e. The van der Waals surface area contributed by atoms with Crippen molar-refractivity contribution in [2.75, 3.05) is 33.2 Å². The first kappa shape index (κ1) is 19.3. The molecule has 0 amide bonds. The molecule has 146 valence electrons. The molecule has 0 radical (unpaired) electrons. The van der Waals surface area contributed by atoms with Gasteiger partial charge in [-0.3, -0.25) is 9.36 Å². The Balaban J connectivity index is 1.75. The van der Waals surface area contributed by atoms with Crippen molar-refractivity contribution in [3.63, 3.8) is 0 Å². The SMILES string of the molecule is COc1ccc(CCNc2nccn(-c3ccccc3OC)c2=O)cc1OC. The van der Waals surface area contributed by atoms with Gasteiger partial charge in [-0.05, 0) is 36.2 Å². The summed E-state index contributed by atoms with van der Waals surface area (Å²) >= 11 is 0. The standard InChI is InChI=1S/C21H23N3O4/c1-26-17-7-5-4-6-16(17)24-13-12-23-20(21(24)25)22-11-10-15-8-9-18(27-2)19(14-15)28-3/h4-9,12-14H,10-11H2,1-3H3,(H,22,23). The quantitative estimate of drug-likeness (QED) is 0.647. The predicted molar refractivity (Wildman–Crippen MR) is 108 cm³/mol. The summed E-state index contributed by atoms with van der Waals surface area (Å²) in [5.41, 5.74) is 1.49. The molecule has 28 heavy (non-hydrogen) atoms. The second-order valence-electron chi connectivity index (χ2n) is 5.99. The minimum absolute atomic E-state index is 0.237. The molecule has 3 rings (SSSR count). The van der Waals surface area contributed by atoms with Crippen molar-refractivity contribution in [1.82, 2.24) is 9.55 Å². The van der Waals surface area contributed by atoms with E-state index in [1.54, 1.807) is 33.7 Å². The number of nitrogens with one attached hydrogen (secondary N) is 1. The van der Waals surface area contributed by atoms with Gasteiger partial charge in [0.2, 0.25) is 0 Å². The van der Waals surface area contributed by atoms with Crippen molar-refractivity contribution in [1.29, 1.82) is 0 Å². The molecule has 0 aliphatic rings. The maximum Gasteiger partial charge on any atom is 0.297 e.